The maximum atomic E-state index is 13.0. The Kier molecular flexibility index (Phi) is 2.96. The fraction of sp³-hybridized carbons (Fsp3) is 0.357. The number of H-pyrrole nitrogens is 1. The van der Waals surface area contributed by atoms with Crippen LogP contribution in [0.2, 0.25) is 0 Å². The van der Waals surface area contributed by atoms with Crippen LogP contribution in [0.3, 0.4) is 0 Å². The van der Waals surface area contributed by atoms with Gasteiger partial charge in [0.25, 0.3) is 5.56 Å². The van der Waals surface area contributed by atoms with Gasteiger partial charge >= 0.3 is 6.18 Å². The number of hydrogen-bond acceptors (Lipinski definition) is 1. The average Bonchev–Trinajstić information content (AvgIpc) is 2.67. The third-order valence-electron chi connectivity index (χ3n) is 3.74. The van der Waals surface area contributed by atoms with Crippen LogP contribution in [0.4, 0.5) is 13.2 Å². The van der Waals surface area contributed by atoms with Crippen LogP contribution < -0.4 is 5.56 Å². The molecule has 1 aromatic heterocycles. The van der Waals surface area contributed by atoms with Crippen LogP contribution >= 0.6 is 0 Å². The Hall–Kier alpha value is -1.98. The third-order valence-corrected chi connectivity index (χ3v) is 3.74. The average molecular weight is 282 g/mol. The van der Waals surface area contributed by atoms with Gasteiger partial charge in [0.05, 0.1) is 11.3 Å². The lowest BCUT2D eigenvalue weighted by Gasteiger charge is -2.23. The normalized spacial score (nSPS) is 16.1. The van der Waals surface area contributed by atoms with Gasteiger partial charge in [-0.1, -0.05) is 18.6 Å². The molecule has 1 aliphatic rings. The van der Waals surface area contributed by atoms with Gasteiger partial charge < -0.3 is 0 Å². The van der Waals surface area contributed by atoms with Gasteiger partial charge in [0.1, 0.15) is 0 Å². The molecule has 1 aromatic carbocycles. The minimum absolute atomic E-state index is 0.157. The van der Waals surface area contributed by atoms with E-state index in [-0.39, 0.29) is 11.6 Å². The Morgan fingerprint density at radius 1 is 1.20 bits per heavy atom. The number of aromatic amines is 1. The molecule has 2 aromatic rings. The molecule has 1 heterocycles. The van der Waals surface area contributed by atoms with Gasteiger partial charge in [-0.3, -0.25) is 9.89 Å². The summed E-state index contributed by atoms with van der Waals surface area (Å²) in [7, 11) is 0. The van der Waals surface area contributed by atoms with Gasteiger partial charge in [0.2, 0.25) is 0 Å². The summed E-state index contributed by atoms with van der Waals surface area (Å²) in [6, 6.07) is 6.47. The first-order valence-corrected chi connectivity index (χ1v) is 6.45. The molecular formula is C14H13F3N2O. The Morgan fingerprint density at radius 2 is 1.90 bits per heavy atom. The molecule has 0 unspecified atom stereocenters. The molecule has 0 amide bonds. The minimum atomic E-state index is -4.49. The van der Waals surface area contributed by atoms with Crippen molar-refractivity contribution in [2.45, 2.75) is 31.4 Å². The number of nitrogens with one attached hydrogen (secondary N) is 1. The molecule has 3 rings (SSSR count). The smallest absolute Gasteiger partial charge is 0.295 e. The van der Waals surface area contributed by atoms with E-state index < -0.39 is 17.3 Å². The highest BCUT2D eigenvalue weighted by Crippen LogP contribution is 2.36. The van der Waals surface area contributed by atoms with Crippen molar-refractivity contribution in [3.63, 3.8) is 0 Å². The van der Waals surface area contributed by atoms with Crippen molar-refractivity contribution in [1.82, 2.24) is 9.78 Å². The lowest BCUT2D eigenvalue weighted by atomic mass is 9.83. The van der Waals surface area contributed by atoms with Gasteiger partial charge in [-0.25, -0.2) is 4.68 Å². The molecule has 0 saturated heterocycles. The summed E-state index contributed by atoms with van der Waals surface area (Å²) >= 11 is 0. The molecule has 0 aliphatic heterocycles. The molecular weight excluding hydrogens is 269 g/mol. The second-order valence-corrected chi connectivity index (χ2v) is 5.03. The van der Waals surface area contributed by atoms with E-state index in [2.05, 4.69) is 5.10 Å². The van der Waals surface area contributed by atoms with Crippen LogP contribution in [0.15, 0.2) is 35.1 Å². The van der Waals surface area contributed by atoms with Gasteiger partial charge in [-0.15, -0.1) is 0 Å². The lowest BCUT2D eigenvalue weighted by Crippen LogP contribution is -2.19. The molecule has 0 spiro atoms. The summed E-state index contributed by atoms with van der Waals surface area (Å²) in [6.45, 7) is 0. The topological polar surface area (TPSA) is 37.8 Å². The Balaban J connectivity index is 2.09. The standard InChI is InChI=1S/C14H13F3N2O/c15-14(16,17)10-6-1-2-7-12(10)19-13(20)8-11(18-19)9-4-3-5-9/h1-2,6-9,18H,3-5H2. The first-order chi connectivity index (χ1) is 9.47. The molecule has 1 fully saturated rings. The predicted octanol–water partition coefficient (Wildman–Crippen LogP) is 3.45. The first-order valence-electron chi connectivity index (χ1n) is 6.45. The Morgan fingerprint density at radius 3 is 2.50 bits per heavy atom. The van der Waals surface area contributed by atoms with E-state index in [0.29, 0.717) is 0 Å². The molecule has 20 heavy (non-hydrogen) atoms. The predicted molar refractivity (Wildman–Crippen MR) is 68.0 cm³/mol. The zero-order chi connectivity index (χ0) is 14.3. The summed E-state index contributed by atoms with van der Waals surface area (Å²) in [4.78, 5) is 11.9. The summed E-state index contributed by atoms with van der Waals surface area (Å²) in [5.74, 6) is 0.266. The molecule has 6 heteroatoms. The molecule has 0 bridgehead atoms. The maximum Gasteiger partial charge on any atom is 0.418 e. The van der Waals surface area contributed by atoms with E-state index in [1.807, 2.05) is 0 Å². The summed E-state index contributed by atoms with van der Waals surface area (Å²) in [5, 5.41) is 2.82. The van der Waals surface area contributed by atoms with Crippen molar-refractivity contribution in [3.05, 3.63) is 51.9 Å². The molecule has 1 N–H and O–H groups in total. The SMILES string of the molecule is O=c1cc(C2CCC2)[nH]n1-c1ccccc1C(F)(F)F. The number of benzene rings is 1. The lowest BCUT2D eigenvalue weighted by molar-refractivity contribution is -0.137. The van der Waals surface area contributed by atoms with Crippen LogP contribution in [-0.2, 0) is 6.18 Å². The molecule has 0 radical (unpaired) electrons. The van der Waals surface area contributed by atoms with E-state index in [4.69, 9.17) is 0 Å². The van der Waals surface area contributed by atoms with Gasteiger partial charge in [0, 0.05) is 17.7 Å². The van der Waals surface area contributed by atoms with Crippen molar-refractivity contribution >= 4 is 0 Å². The van der Waals surface area contributed by atoms with Gasteiger partial charge in [0.15, 0.2) is 0 Å². The highest BCUT2D eigenvalue weighted by atomic mass is 19.4. The van der Waals surface area contributed by atoms with Crippen LogP contribution in [0, 0.1) is 0 Å². The van der Waals surface area contributed by atoms with E-state index in [0.717, 1.165) is 35.7 Å². The number of aromatic nitrogens is 2. The summed E-state index contributed by atoms with van der Waals surface area (Å²) < 4.78 is 39.9. The molecule has 0 atom stereocenters. The van der Waals surface area contributed by atoms with Crippen LogP contribution in [0.25, 0.3) is 5.69 Å². The minimum Gasteiger partial charge on any atom is -0.295 e. The van der Waals surface area contributed by atoms with E-state index >= 15 is 0 Å². The van der Waals surface area contributed by atoms with Crippen LogP contribution in [-0.4, -0.2) is 9.78 Å². The second-order valence-electron chi connectivity index (χ2n) is 5.03. The third kappa shape index (κ3) is 2.15. The second kappa shape index (κ2) is 4.54. The number of halogens is 3. The monoisotopic (exact) mass is 282 g/mol. The number of hydrogen-bond donors (Lipinski definition) is 1. The van der Waals surface area contributed by atoms with Gasteiger partial charge in [-0.2, -0.15) is 13.2 Å². The largest absolute Gasteiger partial charge is 0.418 e. The maximum absolute atomic E-state index is 13.0. The van der Waals surface area contributed by atoms with Crippen molar-refractivity contribution in [2.75, 3.05) is 0 Å². The van der Waals surface area contributed by atoms with E-state index in [9.17, 15) is 18.0 Å². The fourth-order valence-corrected chi connectivity index (χ4v) is 2.43. The molecule has 106 valence electrons. The highest BCUT2D eigenvalue weighted by molar-refractivity contribution is 5.42. The van der Waals surface area contributed by atoms with Crippen molar-refractivity contribution in [3.8, 4) is 5.69 Å². The highest BCUT2D eigenvalue weighted by Gasteiger charge is 2.34. The summed E-state index contributed by atoms with van der Waals surface area (Å²) in [5.41, 5.74) is -0.707. The zero-order valence-electron chi connectivity index (χ0n) is 10.6. The van der Waals surface area contributed by atoms with Crippen molar-refractivity contribution < 1.29 is 13.2 Å². The first kappa shape index (κ1) is 13.0. The van der Waals surface area contributed by atoms with Crippen molar-refractivity contribution in [1.29, 1.82) is 0 Å². The van der Waals surface area contributed by atoms with Crippen molar-refractivity contribution in [2.24, 2.45) is 0 Å². The molecule has 1 saturated carbocycles. The summed E-state index contributed by atoms with van der Waals surface area (Å²) in [6.07, 6.45) is -1.45. The number of rotatable bonds is 2. The quantitative estimate of drug-likeness (QED) is 0.900. The number of para-hydroxylation sites is 1. The fourth-order valence-electron chi connectivity index (χ4n) is 2.43. The van der Waals surface area contributed by atoms with Crippen LogP contribution in [0.1, 0.15) is 36.4 Å². The Bertz CT molecular complexity index is 680. The van der Waals surface area contributed by atoms with Gasteiger partial charge in [-0.05, 0) is 25.0 Å². The molecule has 3 nitrogen and oxygen atoms in total. The Labute approximate surface area is 113 Å². The molecule has 1 aliphatic carbocycles. The number of alkyl halides is 3. The van der Waals surface area contributed by atoms with Crippen LogP contribution in [0.5, 0.6) is 0 Å². The van der Waals surface area contributed by atoms with E-state index in [1.165, 1.54) is 24.3 Å². The zero-order valence-corrected chi connectivity index (χ0v) is 10.6. The van der Waals surface area contributed by atoms with E-state index in [1.54, 1.807) is 0 Å². The number of nitrogens with zero attached hydrogens (tertiary/aromatic N) is 1.